The van der Waals surface area contributed by atoms with Gasteiger partial charge < -0.3 is 21.9 Å². The van der Waals surface area contributed by atoms with E-state index in [0.29, 0.717) is 0 Å². The second kappa shape index (κ2) is 5.54. The summed E-state index contributed by atoms with van der Waals surface area (Å²) in [7, 11) is -9.39. The Morgan fingerprint density at radius 3 is 1.62 bits per heavy atom. The van der Waals surface area contributed by atoms with E-state index in [-0.39, 0.29) is 0 Å². The van der Waals surface area contributed by atoms with Gasteiger partial charge >= 0.3 is 35.0 Å². The molecule has 1 unspecified atom stereocenters. The van der Waals surface area contributed by atoms with E-state index in [2.05, 4.69) is 0 Å². The van der Waals surface area contributed by atoms with Crippen LogP contribution < -0.4 is 0 Å². The van der Waals surface area contributed by atoms with E-state index < -0.39 is 35.0 Å². The minimum atomic E-state index is -2.58. The highest BCUT2D eigenvalue weighted by atomic mass is 28.5. The van der Waals surface area contributed by atoms with E-state index in [9.17, 15) is 9.59 Å². The van der Waals surface area contributed by atoms with Crippen molar-refractivity contribution in [1.82, 2.24) is 0 Å². The Labute approximate surface area is 103 Å². The molecule has 0 radical (unpaired) electrons. The molecule has 0 amide bonds. The van der Waals surface area contributed by atoms with Gasteiger partial charge in [0.1, 0.15) is 0 Å². The van der Waals surface area contributed by atoms with Gasteiger partial charge in [-0.15, -0.1) is 0 Å². The van der Waals surface area contributed by atoms with Gasteiger partial charge in [0.05, 0.1) is 0 Å². The lowest BCUT2D eigenvalue weighted by Crippen LogP contribution is -2.54. The van der Waals surface area contributed by atoms with Crippen molar-refractivity contribution in [3.05, 3.63) is 0 Å². The van der Waals surface area contributed by atoms with E-state index in [1.807, 2.05) is 26.2 Å². The summed E-state index contributed by atoms with van der Waals surface area (Å²) < 4.78 is 17.0. The fourth-order valence-corrected chi connectivity index (χ4v) is 15.6. The molecular weight excluding hydrogens is 276 g/mol. The van der Waals surface area contributed by atoms with Crippen LogP contribution in [0.2, 0.25) is 45.8 Å². The molecular formula is C7H24O5Si4. The Hall–Kier alpha value is 0.668. The van der Waals surface area contributed by atoms with Crippen LogP contribution in [0.15, 0.2) is 0 Å². The molecule has 0 spiro atoms. The maximum atomic E-state index is 9.74. The summed E-state index contributed by atoms with van der Waals surface area (Å²) in [6.07, 6.45) is 0. The van der Waals surface area contributed by atoms with Gasteiger partial charge in [0.2, 0.25) is 0 Å². The van der Waals surface area contributed by atoms with Gasteiger partial charge in [-0.25, -0.2) is 0 Å². The molecule has 98 valence electrons. The smallest absolute Gasteiger partial charge is 0.320 e. The van der Waals surface area contributed by atoms with Crippen LogP contribution in [0, 0.1) is 0 Å². The number of hydrogen-bond acceptors (Lipinski definition) is 5. The molecule has 9 heteroatoms. The third kappa shape index (κ3) is 8.78. The molecule has 0 bridgehead atoms. The van der Waals surface area contributed by atoms with Crippen molar-refractivity contribution in [2.24, 2.45) is 0 Å². The first kappa shape index (κ1) is 16.7. The maximum absolute atomic E-state index is 9.74. The molecule has 0 rings (SSSR count). The molecule has 1 atom stereocenters. The second-order valence-electron chi connectivity index (χ2n) is 5.17. The number of hydrogen-bond donors (Lipinski definition) is 2. The number of rotatable bonds is 6. The Kier molecular flexibility index (Phi) is 5.77. The van der Waals surface area contributed by atoms with Crippen LogP contribution in [-0.2, 0) is 12.3 Å². The molecule has 0 aromatic carbocycles. The van der Waals surface area contributed by atoms with Crippen LogP contribution in [0.4, 0.5) is 0 Å². The Morgan fingerprint density at radius 2 is 1.31 bits per heavy atom. The molecule has 0 aromatic rings. The van der Waals surface area contributed by atoms with Crippen LogP contribution >= 0.6 is 0 Å². The zero-order valence-corrected chi connectivity index (χ0v) is 15.4. The van der Waals surface area contributed by atoms with Crippen molar-refractivity contribution in [3.8, 4) is 0 Å². The molecule has 16 heavy (non-hydrogen) atoms. The van der Waals surface area contributed by atoms with Crippen LogP contribution in [-0.4, -0.2) is 44.6 Å². The van der Waals surface area contributed by atoms with E-state index in [1.54, 1.807) is 19.6 Å². The predicted octanol–water partition coefficient (Wildman–Crippen LogP) is 0.976. The highest BCUT2D eigenvalue weighted by Crippen LogP contribution is 2.20. The topological polar surface area (TPSA) is 68.2 Å². The Morgan fingerprint density at radius 1 is 0.875 bits per heavy atom. The molecule has 0 saturated carbocycles. The lowest BCUT2D eigenvalue weighted by molar-refractivity contribution is 0.286. The van der Waals surface area contributed by atoms with Gasteiger partial charge in [-0.3, -0.25) is 0 Å². The monoisotopic (exact) mass is 300 g/mol. The zero-order valence-electron chi connectivity index (χ0n) is 11.2. The summed E-state index contributed by atoms with van der Waals surface area (Å²) in [5, 5.41) is 0. The first-order valence-corrected chi connectivity index (χ1v) is 15.9. The molecule has 0 aromatic heterocycles. The molecule has 0 aliphatic rings. The largest absolute Gasteiger partial charge is 0.418 e. The van der Waals surface area contributed by atoms with Crippen LogP contribution in [0.1, 0.15) is 0 Å². The summed E-state index contributed by atoms with van der Waals surface area (Å²) >= 11 is 0. The van der Waals surface area contributed by atoms with E-state index >= 15 is 0 Å². The van der Waals surface area contributed by atoms with Crippen LogP contribution in [0.25, 0.3) is 0 Å². The van der Waals surface area contributed by atoms with Gasteiger partial charge in [-0.1, -0.05) is 0 Å². The van der Waals surface area contributed by atoms with E-state index in [0.717, 1.165) is 0 Å². The molecule has 0 aliphatic carbocycles. The molecule has 0 aliphatic heterocycles. The van der Waals surface area contributed by atoms with Gasteiger partial charge in [-0.2, -0.15) is 0 Å². The Balaban J connectivity index is 4.45. The van der Waals surface area contributed by atoms with Crippen molar-refractivity contribution in [2.75, 3.05) is 0 Å². The van der Waals surface area contributed by atoms with Crippen LogP contribution in [0.5, 0.6) is 0 Å². The first-order valence-electron chi connectivity index (χ1n) is 5.32. The molecule has 0 saturated heterocycles. The predicted molar refractivity (Wildman–Crippen MR) is 73.2 cm³/mol. The third-order valence-electron chi connectivity index (χ3n) is 1.44. The van der Waals surface area contributed by atoms with Crippen molar-refractivity contribution >= 4 is 35.0 Å². The summed E-state index contributed by atoms with van der Waals surface area (Å²) in [5.74, 6) is 0. The van der Waals surface area contributed by atoms with Gasteiger partial charge in [0.25, 0.3) is 0 Å². The lowest BCUT2D eigenvalue weighted by atomic mass is 11.9. The van der Waals surface area contributed by atoms with Crippen molar-refractivity contribution in [3.63, 3.8) is 0 Å². The molecule has 0 fully saturated rings. The van der Waals surface area contributed by atoms with Crippen LogP contribution in [0.3, 0.4) is 0 Å². The minimum Gasteiger partial charge on any atom is -0.418 e. The average molecular weight is 301 g/mol. The Bertz CT molecular complexity index is 225. The molecule has 2 N–H and O–H groups in total. The fraction of sp³-hybridized carbons (Fsp3) is 1.00. The standard InChI is InChI=1S/C7H24O5Si4/c1-13(8)10-15(4,5)12-16(6,7)11-14(2,3)9/h8-9,13H,1-7H3. The normalized spacial score (nSPS) is 16.3. The van der Waals surface area contributed by atoms with E-state index in [1.165, 1.54) is 0 Å². The van der Waals surface area contributed by atoms with Crippen molar-refractivity contribution in [2.45, 2.75) is 45.8 Å². The van der Waals surface area contributed by atoms with Gasteiger partial charge in [0.15, 0.2) is 0 Å². The maximum Gasteiger partial charge on any atom is 0.320 e. The quantitative estimate of drug-likeness (QED) is 0.716. The lowest BCUT2D eigenvalue weighted by Gasteiger charge is -2.36. The SMILES string of the molecule is C[SiH](O)O[Si](C)(C)O[Si](C)(C)O[Si](C)(C)O. The van der Waals surface area contributed by atoms with Crippen molar-refractivity contribution < 1.29 is 21.9 Å². The van der Waals surface area contributed by atoms with Gasteiger partial charge in [-0.05, 0) is 45.8 Å². The zero-order chi connectivity index (χ0) is 13.2. The summed E-state index contributed by atoms with van der Waals surface area (Å²) in [4.78, 5) is 19.1. The molecule has 5 nitrogen and oxygen atoms in total. The summed E-state index contributed by atoms with van der Waals surface area (Å²) in [5.41, 5.74) is 0. The van der Waals surface area contributed by atoms with E-state index in [4.69, 9.17) is 12.3 Å². The first-order chi connectivity index (χ1) is 6.83. The minimum absolute atomic E-state index is 1.69. The summed E-state index contributed by atoms with van der Waals surface area (Å²) in [6.45, 7) is 12.7. The summed E-state index contributed by atoms with van der Waals surface area (Å²) in [6, 6.07) is 0. The highest BCUT2D eigenvalue weighted by molar-refractivity contribution is 6.85. The highest BCUT2D eigenvalue weighted by Gasteiger charge is 2.40. The second-order valence-corrected chi connectivity index (χ2v) is 17.4. The fourth-order valence-electron chi connectivity index (χ4n) is 1.65. The van der Waals surface area contributed by atoms with Gasteiger partial charge in [0, 0.05) is 0 Å². The molecule has 0 heterocycles. The third-order valence-corrected chi connectivity index (χ3v) is 13.0. The van der Waals surface area contributed by atoms with Crippen molar-refractivity contribution in [1.29, 1.82) is 0 Å². The average Bonchev–Trinajstić information content (AvgIpc) is 1.69.